The molecule has 2 N–H and O–H groups in total. The zero-order chi connectivity index (χ0) is 20.6. The van der Waals surface area contributed by atoms with Crippen molar-refractivity contribution in [2.45, 2.75) is 6.10 Å². The summed E-state index contributed by atoms with van der Waals surface area (Å²) in [4.78, 5) is 24.1. The molecule has 0 spiro atoms. The highest BCUT2D eigenvalue weighted by Crippen LogP contribution is 2.23. The van der Waals surface area contributed by atoms with Gasteiger partial charge in [0, 0.05) is 11.3 Å². The Balaban J connectivity index is 1.59. The molecule has 0 aliphatic rings. The molecule has 0 aliphatic heterocycles. The van der Waals surface area contributed by atoms with E-state index in [0.29, 0.717) is 11.4 Å². The SMILES string of the molecule is N#CC(Oc1ccc(NC(=O)NC(=O)c2ccccc2Cl)cc1)c1ccccc1. The second-order valence-electron chi connectivity index (χ2n) is 5.95. The number of urea groups is 1. The van der Waals surface area contributed by atoms with Gasteiger partial charge in [0.1, 0.15) is 11.8 Å². The first-order chi connectivity index (χ1) is 14.1. The Morgan fingerprint density at radius 1 is 0.931 bits per heavy atom. The molecule has 6 nitrogen and oxygen atoms in total. The number of nitriles is 1. The van der Waals surface area contributed by atoms with Gasteiger partial charge in [-0.25, -0.2) is 4.79 Å². The average Bonchev–Trinajstić information content (AvgIpc) is 2.74. The van der Waals surface area contributed by atoms with E-state index in [1.54, 1.807) is 42.5 Å². The largest absolute Gasteiger partial charge is 0.471 e. The molecule has 144 valence electrons. The van der Waals surface area contributed by atoms with Crippen LogP contribution in [0.25, 0.3) is 0 Å². The lowest BCUT2D eigenvalue weighted by Crippen LogP contribution is -2.34. The number of nitrogens with zero attached hydrogens (tertiary/aromatic N) is 1. The van der Waals surface area contributed by atoms with Crippen molar-refractivity contribution >= 4 is 29.2 Å². The lowest BCUT2D eigenvalue weighted by molar-refractivity contribution is 0.0967. The van der Waals surface area contributed by atoms with Crippen LogP contribution in [0.1, 0.15) is 22.0 Å². The maximum atomic E-state index is 12.1. The van der Waals surface area contributed by atoms with E-state index < -0.39 is 18.0 Å². The second kappa shape index (κ2) is 9.40. The Bertz CT molecular complexity index is 1050. The molecule has 3 aromatic carbocycles. The molecule has 0 fully saturated rings. The second-order valence-corrected chi connectivity index (χ2v) is 6.36. The van der Waals surface area contributed by atoms with Gasteiger partial charge in [-0.2, -0.15) is 5.26 Å². The number of halogens is 1. The number of imide groups is 1. The van der Waals surface area contributed by atoms with Gasteiger partial charge in [-0.15, -0.1) is 0 Å². The molecule has 7 heteroatoms. The molecule has 0 bridgehead atoms. The third-order valence-corrected chi connectivity index (χ3v) is 4.26. The topological polar surface area (TPSA) is 91.2 Å². The highest BCUT2D eigenvalue weighted by Gasteiger charge is 2.14. The standard InChI is InChI=1S/C22H16ClN3O3/c23-19-9-5-4-8-18(19)21(27)26-22(28)25-16-10-12-17(13-11-16)29-20(14-24)15-6-2-1-3-7-15/h1-13,20H,(H2,25,26,27,28). The van der Waals surface area contributed by atoms with E-state index in [1.807, 2.05) is 30.3 Å². The van der Waals surface area contributed by atoms with Crippen molar-refractivity contribution in [2.24, 2.45) is 0 Å². The van der Waals surface area contributed by atoms with Gasteiger partial charge in [0.15, 0.2) is 0 Å². The summed E-state index contributed by atoms with van der Waals surface area (Å²) in [7, 11) is 0. The van der Waals surface area contributed by atoms with E-state index >= 15 is 0 Å². The normalized spacial score (nSPS) is 11.0. The number of carbonyl (C=O) groups excluding carboxylic acids is 2. The van der Waals surface area contributed by atoms with Gasteiger partial charge in [0.2, 0.25) is 6.10 Å². The fourth-order valence-electron chi connectivity index (χ4n) is 2.53. The lowest BCUT2D eigenvalue weighted by Gasteiger charge is -2.13. The first kappa shape index (κ1) is 19.9. The summed E-state index contributed by atoms with van der Waals surface area (Å²) in [5.41, 5.74) is 1.40. The van der Waals surface area contributed by atoms with E-state index in [0.717, 1.165) is 5.56 Å². The Morgan fingerprint density at radius 3 is 2.24 bits per heavy atom. The van der Waals surface area contributed by atoms with Crippen LogP contribution in [0.3, 0.4) is 0 Å². The van der Waals surface area contributed by atoms with Crippen LogP contribution < -0.4 is 15.4 Å². The highest BCUT2D eigenvalue weighted by molar-refractivity contribution is 6.34. The van der Waals surface area contributed by atoms with Gasteiger partial charge in [0.05, 0.1) is 10.6 Å². The van der Waals surface area contributed by atoms with Gasteiger partial charge in [0.25, 0.3) is 5.91 Å². The fraction of sp³-hybridized carbons (Fsp3) is 0.0455. The van der Waals surface area contributed by atoms with Crippen LogP contribution >= 0.6 is 11.6 Å². The number of ether oxygens (including phenoxy) is 1. The van der Waals surface area contributed by atoms with Crippen molar-refractivity contribution in [1.82, 2.24) is 5.32 Å². The summed E-state index contributed by atoms with van der Waals surface area (Å²) < 4.78 is 5.69. The molecule has 0 radical (unpaired) electrons. The zero-order valence-corrected chi connectivity index (χ0v) is 15.9. The number of benzene rings is 3. The van der Waals surface area contributed by atoms with Gasteiger partial charge < -0.3 is 10.1 Å². The predicted octanol–water partition coefficient (Wildman–Crippen LogP) is 4.95. The predicted molar refractivity (Wildman–Crippen MR) is 110 cm³/mol. The highest BCUT2D eigenvalue weighted by atomic mass is 35.5. The molecular weight excluding hydrogens is 390 g/mol. The van der Waals surface area contributed by atoms with E-state index in [1.165, 1.54) is 6.07 Å². The number of hydrogen-bond acceptors (Lipinski definition) is 4. The Morgan fingerprint density at radius 2 is 1.59 bits per heavy atom. The first-order valence-electron chi connectivity index (χ1n) is 8.65. The molecule has 3 amide bonds. The number of hydrogen-bond donors (Lipinski definition) is 2. The summed E-state index contributed by atoms with van der Waals surface area (Å²) in [6.07, 6.45) is -0.744. The van der Waals surface area contributed by atoms with Crippen LogP contribution in [0.15, 0.2) is 78.9 Å². The van der Waals surface area contributed by atoms with E-state index in [4.69, 9.17) is 16.3 Å². The summed E-state index contributed by atoms with van der Waals surface area (Å²) in [5.74, 6) is -0.133. The number of carbonyl (C=O) groups is 2. The van der Waals surface area contributed by atoms with Gasteiger partial charge in [-0.1, -0.05) is 54.1 Å². The summed E-state index contributed by atoms with van der Waals surface area (Å²) in [5, 5.41) is 14.4. The maximum Gasteiger partial charge on any atom is 0.326 e. The average molecular weight is 406 g/mol. The van der Waals surface area contributed by atoms with E-state index in [9.17, 15) is 14.9 Å². The smallest absolute Gasteiger partial charge is 0.326 e. The van der Waals surface area contributed by atoms with Crippen LogP contribution in [0.4, 0.5) is 10.5 Å². The third-order valence-electron chi connectivity index (χ3n) is 3.93. The summed E-state index contributed by atoms with van der Waals surface area (Å²) in [6, 6.07) is 23.5. The maximum absolute atomic E-state index is 12.1. The Hall–Kier alpha value is -3.82. The van der Waals surface area contributed by atoms with E-state index in [2.05, 4.69) is 16.7 Å². The lowest BCUT2D eigenvalue weighted by atomic mass is 10.1. The quantitative estimate of drug-likeness (QED) is 0.628. The first-order valence-corrected chi connectivity index (χ1v) is 9.03. The van der Waals surface area contributed by atoms with Crippen molar-refractivity contribution < 1.29 is 14.3 Å². The van der Waals surface area contributed by atoms with Gasteiger partial charge in [-0.05, 0) is 36.4 Å². The van der Waals surface area contributed by atoms with Crippen molar-refractivity contribution in [3.63, 3.8) is 0 Å². The third kappa shape index (κ3) is 5.34. The number of amides is 3. The number of rotatable bonds is 5. The van der Waals surface area contributed by atoms with Crippen LogP contribution in [0.2, 0.25) is 5.02 Å². The molecule has 0 saturated carbocycles. The van der Waals surface area contributed by atoms with Crippen molar-refractivity contribution in [3.8, 4) is 11.8 Å². The minimum absolute atomic E-state index is 0.205. The summed E-state index contributed by atoms with van der Waals surface area (Å²) >= 11 is 5.95. The minimum Gasteiger partial charge on any atom is -0.471 e. The Labute approximate surface area is 172 Å². The molecule has 0 aliphatic carbocycles. The van der Waals surface area contributed by atoms with Crippen LogP contribution in [-0.2, 0) is 0 Å². The van der Waals surface area contributed by atoms with Crippen LogP contribution in [-0.4, -0.2) is 11.9 Å². The molecular formula is C22H16ClN3O3. The van der Waals surface area contributed by atoms with Gasteiger partial charge >= 0.3 is 6.03 Å². The molecule has 1 atom stereocenters. The van der Waals surface area contributed by atoms with Crippen LogP contribution in [0, 0.1) is 11.3 Å². The van der Waals surface area contributed by atoms with E-state index in [-0.39, 0.29) is 10.6 Å². The number of nitrogens with one attached hydrogen (secondary N) is 2. The van der Waals surface area contributed by atoms with Gasteiger partial charge in [-0.3, -0.25) is 10.1 Å². The molecule has 29 heavy (non-hydrogen) atoms. The molecule has 0 heterocycles. The summed E-state index contributed by atoms with van der Waals surface area (Å²) in [6.45, 7) is 0. The molecule has 3 rings (SSSR count). The monoisotopic (exact) mass is 405 g/mol. The van der Waals surface area contributed by atoms with Crippen molar-refractivity contribution in [2.75, 3.05) is 5.32 Å². The minimum atomic E-state index is -0.744. The number of anilines is 1. The fourth-order valence-corrected chi connectivity index (χ4v) is 2.75. The van der Waals surface area contributed by atoms with Crippen LogP contribution in [0.5, 0.6) is 5.75 Å². The van der Waals surface area contributed by atoms with Crippen molar-refractivity contribution in [1.29, 1.82) is 5.26 Å². The molecule has 0 aromatic heterocycles. The Kier molecular flexibility index (Phi) is 6.46. The van der Waals surface area contributed by atoms with Crippen molar-refractivity contribution in [3.05, 3.63) is 95.0 Å². The zero-order valence-electron chi connectivity index (χ0n) is 15.1. The molecule has 3 aromatic rings. The molecule has 1 unspecified atom stereocenters. The molecule has 0 saturated heterocycles.